The number of ether oxygens (including phenoxy) is 1. The molecule has 2 unspecified atom stereocenters. The van der Waals surface area contributed by atoms with E-state index in [-0.39, 0.29) is 48.1 Å². The molecule has 2 amide bonds. The number of halogens is 1. The Hall–Kier alpha value is -2.37. The van der Waals surface area contributed by atoms with E-state index in [4.69, 9.17) is 4.74 Å². The van der Waals surface area contributed by atoms with Crippen LogP contribution in [0.3, 0.4) is 0 Å². The van der Waals surface area contributed by atoms with Gasteiger partial charge in [0.05, 0.1) is 6.04 Å². The summed E-state index contributed by atoms with van der Waals surface area (Å²) in [6.45, 7) is 0.0701. The molecule has 0 bridgehead atoms. The zero-order valence-electron chi connectivity index (χ0n) is 16.0. The summed E-state index contributed by atoms with van der Waals surface area (Å²) in [5, 5.41) is 3.08. The van der Waals surface area contributed by atoms with Crippen LogP contribution < -0.4 is 5.32 Å². The van der Waals surface area contributed by atoms with E-state index in [9.17, 15) is 14.0 Å². The van der Waals surface area contributed by atoms with Gasteiger partial charge >= 0.3 is 0 Å². The number of nitrogens with one attached hydrogen (secondary N) is 1. The van der Waals surface area contributed by atoms with Gasteiger partial charge in [0.2, 0.25) is 5.91 Å². The van der Waals surface area contributed by atoms with Crippen molar-refractivity contribution in [2.75, 3.05) is 6.54 Å². The van der Waals surface area contributed by atoms with Crippen molar-refractivity contribution in [3.63, 3.8) is 0 Å². The minimum Gasteiger partial charge on any atom is -0.482 e. The summed E-state index contributed by atoms with van der Waals surface area (Å²) in [5.41, 5.74) is 0.703. The predicted octanol–water partition coefficient (Wildman–Crippen LogP) is 3.40. The van der Waals surface area contributed by atoms with Crippen molar-refractivity contribution >= 4 is 17.9 Å². The van der Waals surface area contributed by atoms with Crippen molar-refractivity contribution in [3.05, 3.63) is 41.4 Å². The highest BCUT2D eigenvalue weighted by atomic mass is 19.1. The third-order valence-corrected chi connectivity index (χ3v) is 6.02. The third kappa shape index (κ3) is 4.21. The maximum absolute atomic E-state index is 13.2. The fourth-order valence-electron chi connectivity index (χ4n) is 4.57. The molecule has 2 aliphatic carbocycles. The second-order valence-corrected chi connectivity index (χ2v) is 8.05. The molecule has 1 N–H and O–H groups in total. The number of fused-ring (bicyclic) bond motifs is 1. The highest BCUT2D eigenvalue weighted by Gasteiger charge is 2.42. The van der Waals surface area contributed by atoms with Crippen LogP contribution in [0.15, 0.2) is 30.0 Å². The molecule has 1 aliphatic heterocycles. The van der Waals surface area contributed by atoms with Gasteiger partial charge in [0, 0.05) is 6.04 Å². The summed E-state index contributed by atoms with van der Waals surface area (Å²) >= 11 is 0. The van der Waals surface area contributed by atoms with Gasteiger partial charge in [0.1, 0.15) is 18.5 Å². The maximum Gasteiger partial charge on any atom is 0.289 e. The number of morpholine rings is 1. The molecule has 0 spiro atoms. The van der Waals surface area contributed by atoms with E-state index < -0.39 is 0 Å². The van der Waals surface area contributed by atoms with Gasteiger partial charge in [0.25, 0.3) is 5.91 Å². The molecule has 3 aliphatic rings. The summed E-state index contributed by atoms with van der Waals surface area (Å²) in [6.07, 6.45) is 9.72. The fourth-order valence-corrected chi connectivity index (χ4v) is 4.57. The van der Waals surface area contributed by atoms with Crippen molar-refractivity contribution in [3.8, 4) is 0 Å². The maximum atomic E-state index is 13.2. The number of hydrogen-bond donors (Lipinski definition) is 1. The smallest absolute Gasteiger partial charge is 0.289 e. The second-order valence-electron chi connectivity index (χ2n) is 8.05. The molecule has 1 saturated heterocycles. The summed E-state index contributed by atoms with van der Waals surface area (Å²) in [4.78, 5) is 27.4. The van der Waals surface area contributed by atoms with Crippen molar-refractivity contribution in [2.24, 2.45) is 0 Å². The number of carbonyl (C=O) groups is 2. The molecular weight excluding hydrogens is 359 g/mol. The molecule has 1 aromatic rings. The van der Waals surface area contributed by atoms with Gasteiger partial charge in [-0.1, -0.05) is 31.4 Å². The van der Waals surface area contributed by atoms with Gasteiger partial charge in [0.15, 0.2) is 5.76 Å². The van der Waals surface area contributed by atoms with Crippen molar-refractivity contribution in [2.45, 2.75) is 69.6 Å². The Morgan fingerprint density at radius 2 is 1.79 bits per heavy atom. The molecule has 6 heteroatoms. The zero-order valence-corrected chi connectivity index (χ0v) is 16.0. The summed E-state index contributed by atoms with van der Waals surface area (Å²) in [5.74, 6) is -0.430. The number of nitrogens with zero attached hydrogens (tertiary/aromatic N) is 1. The van der Waals surface area contributed by atoms with E-state index in [0.717, 1.165) is 51.4 Å². The predicted molar refractivity (Wildman–Crippen MR) is 104 cm³/mol. The van der Waals surface area contributed by atoms with Crippen LogP contribution in [0.25, 0.3) is 6.08 Å². The van der Waals surface area contributed by atoms with Crippen LogP contribution in [0, 0.1) is 5.82 Å². The zero-order chi connectivity index (χ0) is 19.5. The first-order valence-electron chi connectivity index (χ1n) is 10.3. The van der Waals surface area contributed by atoms with E-state index in [1.165, 1.54) is 12.1 Å². The summed E-state index contributed by atoms with van der Waals surface area (Å²) < 4.78 is 19.2. The van der Waals surface area contributed by atoms with Crippen molar-refractivity contribution in [1.29, 1.82) is 0 Å². The average Bonchev–Trinajstić information content (AvgIpc) is 3.19. The van der Waals surface area contributed by atoms with Gasteiger partial charge in [-0.25, -0.2) is 4.39 Å². The van der Waals surface area contributed by atoms with Gasteiger partial charge in [-0.15, -0.1) is 0 Å². The molecule has 28 heavy (non-hydrogen) atoms. The van der Waals surface area contributed by atoms with E-state index in [1.807, 2.05) is 0 Å². The highest BCUT2D eigenvalue weighted by Crippen LogP contribution is 2.33. The second kappa shape index (κ2) is 8.33. The fraction of sp³-hybridized carbons (Fsp3) is 0.545. The first kappa shape index (κ1) is 19.0. The van der Waals surface area contributed by atoms with Gasteiger partial charge in [-0.2, -0.15) is 0 Å². The van der Waals surface area contributed by atoms with Crippen molar-refractivity contribution in [1.82, 2.24) is 10.2 Å². The Balaban J connectivity index is 1.52. The molecule has 1 aromatic carbocycles. The van der Waals surface area contributed by atoms with Crippen molar-refractivity contribution < 1.29 is 18.7 Å². The quantitative estimate of drug-likeness (QED) is 0.807. The van der Waals surface area contributed by atoms with Crippen LogP contribution in [-0.4, -0.2) is 41.4 Å². The van der Waals surface area contributed by atoms with E-state index in [0.29, 0.717) is 5.56 Å². The Bertz CT molecular complexity index is 756. The molecule has 1 heterocycles. The molecular formula is C22H27FN2O3. The third-order valence-electron chi connectivity index (χ3n) is 6.02. The largest absolute Gasteiger partial charge is 0.482 e. The van der Waals surface area contributed by atoms with Crippen LogP contribution in [0.5, 0.6) is 0 Å². The number of benzene rings is 1. The SMILES string of the molecule is O=C(CN1C(=O)/C(=C\c2ccc(F)cc2)OC2CCCCC21)NC1CCCC1. The molecule has 150 valence electrons. The summed E-state index contributed by atoms with van der Waals surface area (Å²) in [6, 6.07) is 6.12. The molecule has 4 rings (SSSR count). The normalized spacial score (nSPS) is 26.8. The molecule has 2 atom stereocenters. The van der Waals surface area contributed by atoms with Crippen LogP contribution in [0.4, 0.5) is 4.39 Å². The lowest BCUT2D eigenvalue weighted by atomic mass is 9.89. The highest BCUT2D eigenvalue weighted by molar-refractivity contribution is 5.98. The minimum absolute atomic E-state index is 0.0547. The van der Waals surface area contributed by atoms with Crippen LogP contribution >= 0.6 is 0 Å². The van der Waals surface area contributed by atoms with Gasteiger partial charge < -0.3 is 15.0 Å². The lowest BCUT2D eigenvalue weighted by molar-refractivity contribution is -0.152. The molecule has 3 fully saturated rings. The Morgan fingerprint density at radius 3 is 2.54 bits per heavy atom. The van der Waals surface area contributed by atoms with Crippen LogP contribution in [0.1, 0.15) is 56.9 Å². The first-order valence-corrected chi connectivity index (χ1v) is 10.3. The monoisotopic (exact) mass is 386 g/mol. The molecule has 0 radical (unpaired) electrons. The number of rotatable bonds is 4. The van der Waals surface area contributed by atoms with Gasteiger partial charge in [-0.05, 0) is 55.9 Å². The summed E-state index contributed by atoms with van der Waals surface area (Å²) in [7, 11) is 0. The lowest BCUT2D eigenvalue weighted by Gasteiger charge is -2.44. The van der Waals surface area contributed by atoms with E-state index in [2.05, 4.69) is 5.32 Å². The van der Waals surface area contributed by atoms with Crippen LogP contribution in [0.2, 0.25) is 0 Å². The average molecular weight is 386 g/mol. The number of hydrogen-bond acceptors (Lipinski definition) is 3. The van der Waals surface area contributed by atoms with Gasteiger partial charge in [-0.3, -0.25) is 9.59 Å². The Morgan fingerprint density at radius 1 is 1.11 bits per heavy atom. The van der Waals surface area contributed by atoms with E-state index in [1.54, 1.807) is 23.1 Å². The molecule has 0 aromatic heterocycles. The molecule has 2 saturated carbocycles. The number of amides is 2. The first-order chi connectivity index (χ1) is 13.6. The standard InChI is InChI=1S/C22H27FN2O3/c23-16-11-9-15(10-12-16)13-20-22(27)25(18-7-3-4-8-19(18)28-20)14-21(26)24-17-5-1-2-6-17/h9-13,17-19H,1-8,14H2,(H,24,26)/b20-13+. The molecule has 5 nitrogen and oxygen atoms in total. The minimum atomic E-state index is -0.324. The number of carbonyl (C=O) groups excluding carboxylic acids is 2. The Kier molecular flexibility index (Phi) is 5.64. The Labute approximate surface area is 164 Å². The lowest BCUT2D eigenvalue weighted by Crippen LogP contribution is -2.57. The van der Waals surface area contributed by atoms with E-state index >= 15 is 0 Å². The van der Waals surface area contributed by atoms with Crippen LogP contribution in [-0.2, 0) is 14.3 Å². The topological polar surface area (TPSA) is 58.6 Å².